The van der Waals surface area contributed by atoms with E-state index in [1.165, 1.54) is 7.11 Å². The van der Waals surface area contributed by atoms with Gasteiger partial charge in [0, 0.05) is 26.3 Å². The molecule has 0 aliphatic rings. The fraction of sp³-hybridized carbons (Fsp3) is 0.389. The van der Waals surface area contributed by atoms with Crippen LogP contribution in [0.25, 0.3) is 0 Å². The number of nitrogens with two attached hydrogens (primary N) is 1. The van der Waals surface area contributed by atoms with Gasteiger partial charge in [-0.1, -0.05) is 6.92 Å². The molecule has 2 rings (SSSR count). The lowest BCUT2D eigenvalue weighted by molar-refractivity contribution is -0.120. The lowest BCUT2D eigenvalue weighted by Gasteiger charge is -2.24. The Morgan fingerprint density at radius 1 is 1.31 bits per heavy atom. The molecule has 0 atom stereocenters. The molecule has 1 heterocycles. The summed E-state index contributed by atoms with van der Waals surface area (Å²) in [5.74, 6) is -3.01. The van der Waals surface area contributed by atoms with Crippen LogP contribution in [0.15, 0.2) is 27.8 Å². The van der Waals surface area contributed by atoms with Gasteiger partial charge in [0.1, 0.15) is 11.6 Å². The highest BCUT2D eigenvalue weighted by Gasteiger charge is 2.24. The Balaban J connectivity index is 2.36. The van der Waals surface area contributed by atoms with E-state index in [1.807, 2.05) is 6.92 Å². The molecular weight excluding hydrogens is 390 g/mol. The Bertz CT molecular complexity index is 989. The minimum Gasteiger partial charge on any atom is -0.481 e. The molecule has 0 spiro atoms. The number of nitrogens with zero attached hydrogens (tertiary/aromatic N) is 2. The second-order valence-corrected chi connectivity index (χ2v) is 6.05. The maximum atomic E-state index is 13.7. The number of aromatic amines is 1. The normalized spacial score (nSPS) is 10.8. The maximum absolute atomic E-state index is 13.7. The standard InChI is InChI=1S/C18H22F2N4O5/c1-3-6-24-16(21)15(17(26)22-18(24)27)23(7-8-28-2)14(25)10-29-13-5-4-11(19)9-12(13)20/h4-5,9H,3,6-8,10,21H2,1-2H3,(H,22,26,27). The second-order valence-electron chi connectivity index (χ2n) is 6.05. The molecule has 1 aromatic carbocycles. The Hall–Kier alpha value is -3.21. The van der Waals surface area contributed by atoms with Gasteiger partial charge in [-0.3, -0.25) is 24.0 Å². The first-order chi connectivity index (χ1) is 13.8. The summed E-state index contributed by atoms with van der Waals surface area (Å²) in [7, 11) is 1.40. The summed E-state index contributed by atoms with van der Waals surface area (Å²) in [5, 5.41) is 0. The van der Waals surface area contributed by atoms with Gasteiger partial charge in [0.25, 0.3) is 11.5 Å². The Morgan fingerprint density at radius 3 is 2.66 bits per heavy atom. The number of hydrogen-bond donors (Lipinski definition) is 2. The minimum absolute atomic E-state index is 0.0580. The van der Waals surface area contributed by atoms with Gasteiger partial charge in [-0.25, -0.2) is 13.6 Å². The predicted octanol–water partition coefficient (Wildman–Crippen LogP) is 0.865. The molecule has 29 heavy (non-hydrogen) atoms. The van der Waals surface area contributed by atoms with Crippen molar-refractivity contribution < 1.29 is 23.0 Å². The van der Waals surface area contributed by atoms with Crippen molar-refractivity contribution in [1.82, 2.24) is 9.55 Å². The molecule has 0 bridgehead atoms. The van der Waals surface area contributed by atoms with Crippen molar-refractivity contribution in [1.29, 1.82) is 0 Å². The van der Waals surface area contributed by atoms with Crippen LogP contribution in [-0.4, -0.2) is 42.3 Å². The van der Waals surface area contributed by atoms with E-state index in [4.69, 9.17) is 15.2 Å². The fourth-order valence-electron chi connectivity index (χ4n) is 2.64. The number of rotatable bonds is 9. The minimum atomic E-state index is -0.977. The Morgan fingerprint density at radius 2 is 2.03 bits per heavy atom. The van der Waals surface area contributed by atoms with Gasteiger partial charge in [0.05, 0.1) is 6.61 Å². The van der Waals surface area contributed by atoms with Crippen molar-refractivity contribution in [3.63, 3.8) is 0 Å². The van der Waals surface area contributed by atoms with Crippen LogP contribution in [0.3, 0.4) is 0 Å². The quantitative estimate of drug-likeness (QED) is 0.631. The maximum Gasteiger partial charge on any atom is 0.330 e. The van der Waals surface area contributed by atoms with Gasteiger partial charge >= 0.3 is 5.69 Å². The number of ether oxygens (including phenoxy) is 2. The average molecular weight is 412 g/mol. The number of carbonyl (C=O) groups is 1. The van der Waals surface area contributed by atoms with E-state index in [2.05, 4.69) is 4.98 Å². The van der Waals surface area contributed by atoms with E-state index in [9.17, 15) is 23.2 Å². The fourth-order valence-corrected chi connectivity index (χ4v) is 2.64. The summed E-state index contributed by atoms with van der Waals surface area (Å²) in [6.07, 6.45) is 0.564. The number of H-pyrrole nitrogens is 1. The van der Waals surface area contributed by atoms with Gasteiger partial charge in [-0.05, 0) is 18.6 Å². The number of amides is 1. The number of anilines is 2. The van der Waals surface area contributed by atoms with Crippen molar-refractivity contribution >= 4 is 17.4 Å². The van der Waals surface area contributed by atoms with Crippen molar-refractivity contribution in [2.24, 2.45) is 0 Å². The lowest BCUT2D eigenvalue weighted by atomic mass is 10.3. The molecule has 0 fully saturated rings. The van der Waals surface area contributed by atoms with Crippen LogP contribution >= 0.6 is 0 Å². The van der Waals surface area contributed by atoms with E-state index in [-0.39, 0.29) is 37.0 Å². The molecule has 0 radical (unpaired) electrons. The predicted molar refractivity (Wildman–Crippen MR) is 102 cm³/mol. The first kappa shape index (κ1) is 22.1. The van der Waals surface area contributed by atoms with Gasteiger partial charge in [0.15, 0.2) is 23.9 Å². The van der Waals surface area contributed by atoms with E-state index < -0.39 is 35.4 Å². The van der Waals surface area contributed by atoms with Crippen LogP contribution in [0.5, 0.6) is 5.75 Å². The molecule has 0 unspecified atom stereocenters. The van der Waals surface area contributed by atoms with Gasteiger partial charge in [-0.15, -0.1) is 0 Å². The molecule has 0 saturated carbocycles. The topological polar surface area (TPSA) is 120 Å². The molecule has 1 amide bonds. The lowest BCUT2D eigenvalue weighted by Crippen LogP contribution is -2.44. The van der Waals surface area contributed by atoms with Crippen molar-refractivity contribution in [3.8, 4) is 5.75 Å². The smallest absolute Gasteiger partial charge is 0.330 e. The number of benzene rings is 1. The van der Waals surface area contributed by atoms with E-state index in [1.54, 1.807) is 0 Å². The van der Waals surface area contributed by atoms with Gasteiger partial charge in [0.2, 0.25) is 0 Å². The Labute approximate surface area is 164 Å². The molecular formula is C18H22F2N4O5. The third kappa shape index (κ3) is 5.19. The first-order valence-electron chi connectivity index (χ1n) is 8.79. The van der Waals surface area contributed by atoms with Crippen LogP contribution in [0.2, 0.25) is 0 Å². The molecule has 1 aromatic heterocycles. The van der Waals surface area contributed by atoms with Crippen LogP contribution in [0.1, 0.15) is 13.3 Å². The number of halogens is 2. The van der Waals surface area contributed by atoms with Crippen molar-refractivity contribution in [3.05, 3.63) is 50.7 Å². The van der Waals surface area contributed by atoms with E-state index in [0.717, 1.165) is 21.6 Å². The Kier molecular flexibility index (Phi) is 7.48. The molecule has 11 heteroatoms. The van der Waals surface area contributed by atoms with Crippen LogP contribution in [0.4, 0.5) is 20.3 Å². The highest BCUT2D eigenvalue weighted by Crippen LogP contribution is 2.20. The zero-order chi connectivity index (χ0) is 21.6. The van der Waals surface area contributed by atoms with Crippen molar-refractivity contribution in [2.75, 3.05) is 37.5 Å². The zero-order valence-corrected chi connectivity index (χ0v) is 16.0. The summed E-state index contributed by atoms with van der Waals surface area (Å²) in [6, 6.07) is 2.64. The van der Waals surface area contributed by atoms with Crippen LogP contribution in [-0.2, 0) is 16.1 Å². The average Bonchev–Trinajstić information content (AvgIpc) is 2.66. The van der Waals surface area contributed by atoms with Crippen LogP contribution < -0.4 is 26.6 Å². The molecule has 3 N–H and O–H groups in total. The first-order valence-corrected chi connectivity index (χ1v) is 8.79. The monoisotopic (exact) mass is 412 g/mol. The molecule has 158 valence electrons. The molecule has 0 aliphatic carbocycles. The number of nitrogens with one attached hydrogen (secondary N) is 1. The zero-order valence-electron chi connectivity index (χ0n) is 16.0. The summed E-state index contributed by atoms with van der Waals surface area (Å²) < 4.78 is 37.9. The molecule has 2 aromatic rings. The van der Waals surface area contributed by atoms with Crippen molar-refractivity contribution in [2.45, 2.75) is 19.9 Å². The summed E-state index contributed by atoms with van der Waals surface area (Å²) in [4.78, 5) is 40.2. The number of nitrogen functional groups attached to an aromatic ring is 1. The largest absolute Gasteiger partial charge is 0.481 e. The summed E-state index contributed by atoms with van der Waals surface area (Å²) in [5.41, 5.74) is 4.22. The van der Waals surface area contributed by atoms with Gasteiger partial charge in [-0.2, -0.15) is 0 Å². The second kappa shape index (κ2) is 9.82. The molecule has 9 nitrogen and oxygen atoms in total. The number of aromatic nitrogens is 2. The summed E-state index contributed by atoms with van der Waals surface area (Å²) >= 11 is 0. The SMILES string of the molecule is CCCn1c(N)c(N(CCOC)C(=O)COc2ccc(F)cc2F)c(=O)[nH]c1=O. The number of carbonyl (C=O) groups excluding carboxylic acids is 1. The molecule has 0 saturated heterocycles. The third-order valence-corrected chi connectivity index (χ3v) is 4.00. The molecule has 0 aliphatic heterocycles. The highest BCUT2D eigenvalue weighted by molar-refractivity contribution is 5.96. The third-order valence-electron chi connectivity index (χ3n) is 4.00. The van der Waals surface area contributed by atoms with E-state index >= 15 is 0 Å². The van der Waals surface area contributed by atoms with Gasteiger partial charge < -0.3 is 15.2 Å². The highest BCUT2D eigenvalue weighted by atomic mass is 19.1. The summed E-state index contributed by atoms with van der Waals surface area (Å²) in [6.45, 7) is 1.39. The van der Waals surface area contributed by atoms with E-state index in [0.29, 0.717) is 12.5 Å². The number of hydrogen-bond acceptors (Lipinski definition) is 6. The van der Waals surface area contributed by atoms with Crippen LogP contribution in [0, 0.1) is 11.6 Å². The number of methoxy groups -OCH3 is 1.